The van der Waals surface area contributed by atoms with Crippen LogP contribution in [-0.2, 0) is 13.1 Å². The maximum absolute atomic E-state index is 13.8. The van der Waals surface area contributed by atoms with Crippen molar-refractivity contribution in [3.63, 3.8) is 0 Å². The van der Waals surface area contributed by atoms with Crippen LogP contribution in [-0.4, -0.2) is 25.5 Å². The highest BCUT2D eigenvalue weighted by Gasteiger charge is 2.26. The molecule has 3 heterocycles. The molecular weight excluding hydrogens is 425 g/mol. The van der Waals surface area contributed by atoms with E-state index in [4.69, 9.17) is 4.42 Å². The Morgan fingerprint density at radius 1 is 0.903 bits per heavy atom. The molecule has 4 rings (SSSR count). The van der Waals surface area contributed by atoms with Crippen LogP contribution in [0, 0.1) is 29.1 Å². The van der Waals surface area contributed by atoms with Gasteiger partial charge in [0.15, 0.2) is 34.8 Å². The number of amides is 1. The van der Waals surface area contributed by atoms with Gasteiger partial charge in [-0.15, -0.1) is 0 Å². The first-order valence-electron chi connectivity index (χ1n) is 8.74. The van der Waals surface area contributed by atoms with Crippen molar-refractivity contribution in [1.29, 1.82) is 0 Å². The fourth-order valence-corrected chi connectivity index (χ4v) is 2.78. The molecule has 31 heavy (non-hydrogen) atoms. The van der Waals surface area contributed by atoms with Gasteiger partial charge in [0.05, 0.1) is 18.7 Å². The Morgan fingerprint density at radius 3 is 2.29 bits per heavy atom. The summed E-state index contributed by atoms with van der Waals surface area (Å²) < 4.78 is 75.4. The van der Waals surface area contributed by atoms with Crippen LogP contribution in [0.25, 0.3) is 0 Å². The van der Waals surface area contributed by atoms with Crippen LogP contribution in [0.3, 0.4) is 0 Å². The van der Waals surface area contributed by atoms with Gasteiger partial charge in [-0.2, -0.15) is 10.2 Å². The lowest BCUT2D eigenvalue weighted by Crippen LogP contribution is -2.13. The Labute approximate surface area is 170 Å². The smallest absolute Gasteiger partial charge is 0.292 e. The topological polar surface area (TPSA) is 77.9 Å². The first-order valence-corrected chi connectivity index (χ1v) is 8.74. The molecule has 0 bridgehead atoms. The van der Waals surface area contributed by atoms with Crippen molar-refractivity contribution >= 4 is 11.7 Å². The summed E-state index contributed by atoms with van der Waals surface area (Å²) >= 11 is 0. The van der Waals surface area contributed by atoms with Crippen LogP contribution in [0.5, 0.6) is 0 Å². The van der Waals surface area contributed by atoms with Gasteiger partial charge in [-0.3, -0.25) is 14.2 Å². The van der Waals surface area contributed by atoms with Crippen LogP contribution in [0.2, 0.25) is 0 Å². The lowest BCUT2D eigenvalue weighted by molar-refractivity contribution is 0.0994. The van der Waals surface area contributed by atoms with Gasteiger partial charge in [0.25, 0.3) is 5.91 Å². The Balaban J connectivity index is 1.45. The predicted molar refractivity (Wildman–Crippen MR) is 95.6 cm³/mol. The van der Waals surface area contributed by atoms with Crippen molar-refractivity contribution in [1.82, 2.24) is 19.6 Å². The zero-order valence-corrected chi connectivity index (χ0v) is 15.5. The van der Waals surface area contributed by atoms with E-state index in [0.29, 0.717) is 12.3 Å². The second kappa shape index (κ2) is 8.05. The number of benzene rings is 1. The minimum absolute atomic E-state index is 0.0149. The molecule has 0 aliphatic rings. The summed E-state index contributed by atoms with van der Waals surface area (Å²) in [5.74, 6) is -10.4. The number of halogens is 5. The minimum Gasteiger partial charge on any atom is -0.454 e. The summed E-state index contributed by atoms with van der Waals surface area (Å²) in [6.07, 6.45) is 4.53. The van der Waals surface area contributed by atoms with E-state index in [1.807, 2.05) is 0 Å². The number of aromatic nitrogens is 4. The van der Waals surface area contributed by atoms with E-state index < -0.39 is 47.1 Å². The monoisotopic (exact) mass is 437 g/mol. The van der Waals surface area contributed by atoms with Gasteiger partial charge < -0.3 is 9.73 Å². The quantitative estimate of drug-likeness (QED) is 0.283. The predicted octanol–water partition coefficient (Wildman–Crippen LogP) is 3.72. The summed E-state index contributed by atoms with van der Waals surface area (Å²) in [6.45, 7) is -0.423. The molecule has 0 saturated carbocycles. The molecule has 0 atom stereocenters. The third kappa shape index (κ3) is 4.04. The maximum atomic E-state index is 13.8. The van der Waals surface area contributed by atoms with Gasteiger partial charge in [-0.25, -0.2) is 22.0 Å². The molecule has 1 amide bonds. The molecule has 12 heteroatoms. The first-order chi connectivity index (χ1) is 14.8. The Bertz CT molecular complexity index is 1220. The summed E-state index contributed by atoms with van der Waals surface area (Å²) in [7, 11) is 0. The van der Waals surface area contributed by atoms with E-state index in [0.717, 1.165) is 4.68 Å². The average molecular weight is 437 g/mol. The number of hydrogen-bond donors (Lipinski definition) is 1. The van der Waals surface area contributed by atoms with Gasteiger partial charge in [0.1, 0.15) is 5.76 Å². The standard InChI is InChI=1S/C19H12F5N5O2/c20-14-11(15(21)17(23)18(24)16(14)22)9-29-7-4-13(27-29)26-19(30)12-3-2-10(31-12)8-28-6-1-5-25-28/h1-7H,8-9H2,(H,26,27,30). The average Bonchev–Trinajstić information content (AvgIpc) is 3.51. The van der Waals surface area contributed by atoms with E-state index in [1.165, 1.54) is 18.3 Å². The minimum atomic E-state index is -2.24. The SMILES string of the molecule is O=C(Nc1ccn(Cc2c(F)c(F)c(F)c(F)c2F)n1)c1ccc(Cn2cccn2)o1. The van der Waals surface area contributed by atoms with Crippen molar-refractivity contribution in [2.75, 3.05) is 5.32 Å². The Hall–Kier alpha value is -3.96. The number of hydrogen-bond acceptors (Lipinski definition) is 4. The van der Waals surface area contributed by atoms with E-state index in [2.05, 4.69) is 15.5 Å². The number of anilines is 1. The second-order valence-electron chi connectivity index (χ2n) is 6.37. The third-order valence-corrected chi connectivity index (χ3v) is 4.27. The number of carbonyl (C=O) groups excluding carboxylic acids is 1. The summed E-state index contributed by atoms with van der Waals surface area (Å²) in [6, 6.07) is 6.06. The molecule has 7 nitrogen and oxygen atoms in total. The second-order valence-corrected chi connectivity index (χ2v) is 6.37. The maximum Gasteiger partial charge on any atom is 0.292 e. The third-order valence-electron chi connectivity index (χ3n) is 4.27. The van der Waals surface area contributed by atoms with Gasteiger partial charge in [0.2, 0.25) is 5.82 Å². The molecule has 1 N–H and O–H groups in total. The highest BCUT2D eigenvalue weighted by atomic mass is 19.2. The fraction of sp³-hybridized carbons (Fsp3) is 0.105. The number of carbonyl (C=O) groups is 1. The van der Waals surface area contributed by atoms with Gasteiger partial charge in [-0.1, -0.05) is 0 Å². The summed E-state index contributed by atoms with van der Waals surface area (Å²) in [5.41, 5.74) is -1.05. The lowest BCUT2D eigenvalue weighted by atomic mass is 10.1. The highest BCUT2D eigenvalue weighted by molar-refractivity contribution is 6.01. The first kappa shape index (κ1) is 20.3. The van der Waals surface area contributed by atoms with Gasteiger partial charge >= 0.3 is 0 Å². The van der Waals surface area contributed by atoms with E-state index in [1.54, 1.807) is 29.2 Å². The van der Waals surface area contributed by atoms with Crippen LogP contribution in [0.15, 0.2) is 47.3 Å². The normalized spacial score (nSPS) is 11.1. The van der Waals surface area contributed by atoms with Crippen LogP contribution in [0.4, 0.5) is 27.8 Å². The van der Waals surface area contributed by atoms with E-state index in [9.17, 15) is 26.7 Å². The van der Waals surface area contributed by atoms with Gasteiger partial charge in [0, 0.05) is 24.7 Å². The van der Waals surface area contributed by atoms with Crippen molar-refractivity contribution in [3.05, 3.63) is 89.0 Å². The summed E-state index contributed by atoms with van der Waals surface area (Å²) in [5, 5.41) is 10.3. The molecule has 0 fully saturated rings. The molecule has 1 aromatic carbocycles. The fourth-order valence-electron chi connectivity index (χ4n) is 2.78. The van der Waals surface area contributed by atoms with E-state index >= 15 is 0 Å². The molecule has 0 saturated heterocycles. The molecular formula is C19H12F5N5O2. The number of nitrogens with one attached hydrogen (secondary N) is 1. The van der Waals surface area contributed by atoms with Crippen molar-refractivity contribution in [2.24, 2.45) is 0 Å². The number of rotatable bonds is 6. The van der Waals surface area contributed by atoms with Crippen molar-refractivity contribution in [3.8, 4) is 0 Å². The molecule has 3 aromatic heterocycles. The van der Waals surface area contributed by atoms with Crippen molar-refractivity contribution in [2.45, 2.75) is 13.1 Å². The Kier molecular flexibility index (Phi) is 5.28. The molecule has 0 unspecified atom stereocenters. The largest absolute Gasteiger partial charge is 0.454 e. The molecule has 0 aliphatic carbocycles. The number of nitrogens with zero attached hydrogens (tertiary/aromatic N) is 4. The van der Waals surface area contributed by atoms with Crippen LogP contribution < -0.4 is 5.32 Å². The lowest BCUT2D eigenvalue weighted by Gasteiger charge is -2.08. The highest BCUT2D eigenvalue weighted by Crippen LogP contribution is 2.24. The summed E-state index contributed by atoms with van der Waals surface area (Å²) in [4.78, 5) is 12.3. The zero-order valence-electron chi connectivity index (χ0n) is 15.5. The van der Waals surface area contributed by atoms with Crippen LogP contribution in [0.1, 0.15) is 21.9 Å². The molecule has 4 aromatic rings. The van der Waals surface area contributed by atoms with Crippen molar-refractivity contribution < 1.29 is 31.2 Å². The van der Waals surface area contributed by atoms with E-state index in [-0.39, 0.29) is 11.6 Å². The molecule has 0 spiro atoms. The molecule has 0 aliphatic heterocycles. The molecule has 0 radical (unpaired) electrons. The molecule has 160 valence electrons. The van der Waals surface area contributed by atoms with Crippen LogP contribution >= 0.6 is 0 Å². The number of furan rings is 1. The Morgan fingerprint density at radius 2 is 1.61 bits per heavy atom. The zero-order chi connectivity index (χ0) is 22.1. The van der Waals surface area contributed by atoms with Gasteiger partial charge in [-0.05, 0) is 18.2 Å².